The summed E-state index contributed by atoms with van der Waals surface area (Å²) in [6.45, 7) is -2.87. The molecule has 4 aromatic rings. The van der Waals surface area contributed by atoms with Gasteiger partial charge in [0, 0.05) is 30.4 Å². The van der Waals surface area contributed by atoms with Gasteiger partial charge in [-0.25, -0.2) is 8.78 Å². The number of halogens is 3. The van der Waals surface area contributed by atoms with E-state index in [-0.39, 0.29) is 16.8 Å². The summed E-state index contributed by atoms with van der Waals surface area (Å²) in [7, 11) is 1.75. The van der Waals surface area contributed by atoms with Gasteiger partial charge in [-0.1, -0.05) is 11.6 Å². The number of fused-ring (bicyclic) bond motifs is 2. The topological polar surface area (TPSA) is 51.0 Å². The SMILES string of the molecule is [2H]C1([2H])c2ncccc2C(=O)N1Cc1c(F)cc(-c2cc(Cl)c3nn(C)cc3c2)cc1F. The summed E-state index contributed by atoms with van der Waals surface area (Å²) in [4.78, 5) is 17.4. The molecular formula is C22H15ClF2N4O. The lowest BCUT2D eigenvalue weighted by molar-refractivity contribution is 0.0763. The fraction of sp³-hybridized carbons (Fsp3) is 0.136. The van der Waals surface area contributed by atoms with E-state index in [1.54, 1.807) is 30.1 Å². The Morgan fingerprint density at radius 2 is 1.93 bits per heavy atom. The van der Waals surface area contributed by atoms with Crippen LogP contribution in [0.3, 0.4) is 0 Å². The molecule has 1 amide bonds. The molecule has 1 aliphatic rings. The van der Waals surface area contributed by atoms with Gasteiger partial charge in [-0.05, 0) is 47.5 Å². The first-order valence-electron chi connectivity index (χ1n) is 10.1. The van der Waals surface area contributed by atoms with E-state index >= 15 is 8.78 Å². The summed E-state index contributed by atoms with van der Waals surface area (Å²) in [5, 5.41) is 5.32. The smallest absolute Gasteiger partial charge is 0.256 e. The number of benzene rings is 2. The standard InChI is InChI=1S/C22H15ClF2N4O/c1-28-9-14-5-12(6-17(23)21(14)27-28)13-7-18(24)16(19(25)8-13)10-29-11-20-15(22(29)30)3-2-4-26-20/h2-9H,10-11H2,1H3/i11D2. The molecular weight excluding hydrogens is 410 g/mol. The van der Waals surface area contributed by atoms with Crippen LogP contribution in [-0.4, -0.2) is 25.6 Å². The van der Waals surface area contributed by atoms with Gasteiger partial charge in [-0.2, -0.15) is 5.10 Å². The van der Waals surface area contributed by atoms with Crippen molar-refractivity contribution in [1.82, 2.24) is 19.7 Å². The zero-order valence-electron chi connectivity index (χ0n) is 17.7. The third kappa shape index (κ3) is 3.02. The van der Waals surface area contributed by atoms with Crippen molar-refractivity contribution in [3.8, 4) is 11.1 Å². The normalized spacial score (nSPS) is 16.0. The Balaban J connectivity index is 1.53. The lowest BCUT2D eigenvalue weighted by atomic mass is 10.0. The Morgan fingerprint density at radius 3 is 2.67 bits per heavy atom. The molecule has 30 heavy (non-hydrogen) atoms. The number of aryl methyl sites for hydroxylation is 1. The van der Waals surface area contributed by atoms with E-state index in [1.165, 1.54) is 18.3 Å². The quantitative estimate of drug-likeness (QED) is 0.476. The lowest BCUT2D eigenvalue weighted by Gasteiger charge is -2.17. The van der Waals surface area contributed by atoms with Crippen LogP contribution in [0.25, 0.3) is 22.0 Å². The minimum absolute atomic E-state index is 0.0677. The van der Waals surface area contributed by atoms with Gasteiger partial charge in [0.25, 0.3) is 5.91 Å². The van der Waals surface area contributed by atoms with Crippen LogP contribution in [0, 0.1) is 11.6 Å². The van der Waals surface area contributed by atoms with Crippen LogP contribution in [0.1, 0.15) is 24.4 Å². The van der Waals surface area contributed by atoms with Crippen LogP contribution < -0.4 is 0 Å². The highest BCUT2D eigenvalue weighted by Gasteiger charge is 2.29. The van der Waals surface area contributed by atoms with Gasteiger partial charge in [0.2, 0.25) is 0 Å². The maximum absolute atomic E-state index is 15.0. The third-order valence-electron chi connectivity index (χ3n) is 4.99. The Kier molecular flexibility index (Phi) is 3.78. The van der Waals surface area contributed by atoms with Gasteiger partial charge < -0.3 is 4.90 Å². The average Bonchev–Trinajstić information content (AvgIpc) is 3.21. The monoisotopic (exact) mass is 426 g/mol. The fourth-order valence-corrected chi connectivity index (χ4v) is 3.82. The summed E-state index contributed by atoms with van der Waals surface area (Å²) in [5.41, 5.74) is 0.947. The number of carbonyl (C=O) groups is 1. The minimum Gasteiger partial charge on any atom is -0.328 e. The Morgan fingerprint density at radius 1 is 1.20 bits per heavy atom. The molecule has 0 aliphatic carbocycles. The van der Waals surface area contributed by atoms with Crippen molar-refractivity contribution in [3.63, 3.8) is 0 Å². The molecule has 8 heteroatoms. The van der Waals surface area contributed by atoms with Crippen molar-refractivity contribution in [2.75, 3.05) is 0 Å². The molecule has 3 heterocycles. The van der Waals surface area contributed by atoms with Crippen LogP contribution in [-0.2, 0) is 20.1 Å². The Labute approximate surface area is 178 Å². The van der Waals surface area contributed by atoms with Crippen molar-refractivity contribution in [1.29, 1.82) is 0 Å². The molecule has 0 radical (unpaired) electrons. The van der Waals surface area contributed by atoms with Crippen molar-refractivity contribution in [2.45, 2.75) is 13.0 Å². The number of amides is 1. The fourth-order valence-electron chi connectivity index (χ4n) is 3.56. The summed E-state index contributed by atoms with van der Waals surface area (Å²) in [6, 6.07) is 8.55. The van der Waals surface area contributed by atoms with Gasteiger partial charge in [0.05, 0.1) is 32.1 Å². The number of pyridine rings is 1. The predicted octanol–water partition coefficient (Wildman–Crippen LogP) is 4.72. The lowest BCUT2D eigenvalue weighted by Crippen LogP contribution is -2.24. The molecule has 0 bridgehead atoms. The van der Waals surface area contributed by atoms with E-state index in [9.17, 15) is 4.79 Å². The number of carbonyl (C=O) groups excluding carboxylic acids is 1. The molecule has 0 atom stereocenters. The van der Waals surface area contributed by atoms with Crippen LogP contribution in [0.4, 0.5) is 8.78 Å². The number of nitrogens with zero attached hydrogens (tertiary/aromatic N) is 4. The molecule has 0 N–H and O–H groups in total. The maximum atomic E-state index is 15.0. The molecule has 5 nitrogen and oxygen atoms in total. The highest BCUT2D eigenvalue weighted by molar-refractivity contribution is 6.35. The summed E-state index contributed by atoms with van der Waals surface area (Å²) < 4.78 is 48.2. The van der Waals surface area contributed by atoms with Crippen molar-refractivity contribution < 1.29 is 16.3 Å². The van der Waals surface area contributed by atoms with E-state index in [4.69, 9.17) is 14.3 Å². The molecule has 0 saturated carbocycles. The largest absolute Gasteiger partial charge is 0.328 e. The number of rotatable bonds is 3. The van der Waals surface area contributed by atoms with Crippen LogP contribution in [0.5, 0.6) is 0 Å². The highest BCUT2D eigenvalue weighted by atomic mass is 35.5. The van der Waals surface area contributed by atoms with Crippen molar-refractivity contribution in [2.24, 2.45) is 7.05 Å². The van der Waals surface area contributed by atoms with E-state index in [0.29, 0.717) is 16.1 Å². The third-order valence-corrected chi connectivity index (χ3v) is 5.28. The van der Waals surface area contributed by atoms with Gasteiger partial charge in [-0.15, -0.1) is 0 Å². The molecule has 0 spiro atoms. The van der Waals surface area contributed by atoms with Crippen molar-refractivity contribution >= 4 is 28.4 Å². The maximum Gasteiger partial charge on any atom is 0.256 e. The van der Waals surface area contributed by atoms with Gasteiger partial charge in [-0.3, -0.25) is 14.5 Å². The van der Waals surface area contributed by atoms with Crippen LogP contribution in [0.15, 0.2) is 48.8 Å². The highest BCUT2D eigenvalue weighted by Crippen LogP contribution is 2.32. The Hall–Kier alpha value is -3.32. The molecule has 0 unspecified atom stereocenters. The molecule has 2 aromatic carbocycles. The first-order valence-corrected chi connectivity index (χ1v) is 9.43. The number of hydrogen-bond donors (Lipinski definition) is 0. The first-order chi connectivity index (χ1) is 15.2. The summed E-state index contributed by atoms with van der Waals surface area (Å²) in [6.07, 6.45) is 3.12. The second-order valence-electron chi connectivity index (χ2n) is 7.02. The summed E-state index contributed by atoms with van der Waals surface area (Å²) in [5.74, 6) is -2.46. The molecule has 2 aromatic heterocycles. The van der Waals surface area contributed by atoms with E-state index in [0.717, 1.165) is 22.4 Å². The zero-order valence-corrected chi connectivity index (χ0v) is 16.4. The van der Waals surface area contributed by atoms with Gasteiger partial charge in [0.15, 0.2) is 0 Å². The van der Waals surface area contributed by atoms with Gasteiger partial charge >= 0.3 is 0 Å². The number of aromatic nitrogens is 3. The first kappa shape index (κ1) is 16.5. The van der Waals surface area contributed by atoms with E-state index in [2.05, 4.69) is 10.1 Å². The molecule has 0 saturated heterocycles. The summed E-state index contributed by atoms with van der Waals surface area (Å²) >= 11 is 6.29. The molecule has 0 fully saturated rings. The predicted molar refractivity (Wildman–Crippen MR) is 109 cm³/mol. The van der Waals surface area contributed by atoms with E-state index in [1.807, 2.05) is 0 Å². The second-order valence-corrected chi connectivity index (χ2v) is 7.43. The molecule has 150 valence electrons. The van der Waals surface area contributed by atoms with Crippen molar-refractivity contribution in [3.05, 3.63) is 82.3 Å². The Bertz CT molecular complexity index is 1400. The van der Waals surface area contributed by atoms with Gasteiger partial charge in [0.1, 0.15) is 17.2 Å². The average molecular weight is 427 g/mol. The second kappa shape index (κ2) is 6.88. The molecule has 1 aliphatic heterocycles. The van der Waals surface area contributed by atoms with Crippen LogP contribution in [0.2, 0.25) is 5.02 Å². The van der Waals surface area contributed by atoms with Crippen LogP contribution >= 0.6 is 11.6 Å². The minimum atomic E-state index is -2.29. The van der Waals surface area contributed by atoms with E-state index < -0.39 is 36.1 Å². The number of hydrogen-bond acceptors (Lipinski definition) is 3. The molecule has 5 rings (SSSR count). The zero-order chi connectivity index (χ0) is 22.8.